The van der Waals surface area contributed by atoms with Crippen molar-refractivity contribution < 1.29 is 9.22 Å². The van der Waals surface area contributed by atoms with Crippen molar-refractivity contribution in [3.05, 3.63) is 36.0 Å². The summed E-state index contributed by atoms with van der Waals surface area (Å²) in [7, 11) is -1.85. The van der Waals surface area contributed by atoms with Crippen molar-refractivity contribution in [2.45, 2.75) is 71.7 Å². The van der Waals surface area contributed by atoms with E-state index in [4.69, 9.17) is 4.43 Å². The zero-order valence-corrected chi connectivity index (χ0v) is 17.1. The molecule has 132 valence electrons. The highest BCUT2D eigenvalue weighted by Crippen LogP contribution is 2.42. The molecule has 0 fully saturated rings. The Morgan fingerprint density at radius 1 is 1.04 bits per heavy atom. The second kappa shape index (κ2) is 7.24. The molecule has 1 aromatic heterocycles. The van der Waals surface area contributed by atoms with Gasteiger partial charge in [-0.1, -0.05) is 47.6 Å². The Kier molecular flexibility index (Phi) is 5.71. The average Bonchev–Trinajstić information content (AvgIpc) is 2.89. The fraction of sp³-hybridized carbons (Fsp3) is 0.550. The molecule has 0 aliphatic heterocycles. The number of fused-ring (bicyclic) bond motifs is 1. The lowest BCUT2D eigenvalue weighted by Crippen LogP contribution is -2.47. The lowest BCUT2D eigenvalue weighted by molar-refractivity contribution is 0.0941. The van der Waals surface area contributed by atoms with E-state index >= 15 is 0 Å². The van der Waals surface area contributed by atoms with Gasteiger partial charge in [-0.2, -0.15) is 0 Å². The molecular formula is C20H31NO2Si. The maximum Gasteiger partial charge on any atom is 0.227 e. The minimum atomic E-state index is -1.85. The van der Waals surface area contributed by atoms with E-state index in [-0.39, 0.29) is 5.91 Å². The second-order valence-corrected chi connectivity index (χ2v) is 13.2. The summed E-state index contributed by atoms with van der Waals surface area (Å²) in [5, 5.41) is 1.09. The molecular weight excluding hydrogens is 314 g/mol. The van der Waals surface area contributed by atoms with Gasteiger partial charge in [0, 0.05) is 18.5 Å². The Bertz CT molecular complexity index is 694. The summed E-state index contributed by atoms with van der Waals surface area (Å²) in [6.45, 7) is 16.1. The predicted molar refractivity (Wildman–Crippen MR) is 104 cm³/mol. The van der Waals surface area contributed by atoms with Crippen molar-refractivity contribution in [1.29, 1.82) is 0 Å². The van der Waals surface area contributed by atoms with Gasteiger partial charge >= 0.3 is 0 Å². The Hall–Kier alpha value is -1.39. The van der Waals surface area contributed by atoms with Crippen molar-refractivity contribution in [1.82, 2.24) is 4.57 Å². The van der Waals surface area contributed by atoms with E-state index in [0.717, 1.165) is 10.9 Å². The summed E-state index contributed by atoms with van der Waals surface area (Å²) >= 11 is 0. The SMILES string of the molecule is CC(=O)n1ccc2cc(CO[Si](C(C)C)(C(C)C)C(C)C)ccc21. The van der Waals surface area contributed by atoms with Gasteiger partial charge in [-0.15, -0.1) is 0 Å². The van der Waals surface area contributed by atoms with Crippen molar-refractivity contribution in [2.75, 3.05) is 0 Å². The maximum absolute atomic E-state index is 11.6. The molecule has 24 heavy (non-hydrogen) atoms. The van der Waals surface area contributed by atoms with Gasteiger partial charge in [0.1, 0.15) is 0 Å². The summed E-state index contributed by atoms with van der Waals surface area (Å²) < 4.78 is 8.36. The van der Waals surface area contributed by atoms with Crippen molar-refractivity contribution in [3.8, 4) is 0 Å². The van der Waals surface area contributed by atoms with Crippen LogP contribution in [0.5, 0.6) is 0 Å². The highest BCUT2D eigenvalue weighted by Gasteiger charge is 2.44. The van der Waals surface area contributed by atoms with Crippen molar-refractivity contribution in [2.24, 2.45) is 0 Å². The zero-order valence-electron chi connectivity index (χ0n) is 16.1. The fourth-order valence-corrected chi connectivity index (χ4v) is 9.68. The molecule has 0 amide bonds. The first-order valence-electron chi connectivity index (χ1n) is 8.95. The van der Waals surface area contributed by atoms with Crippen LogP contribution in [0.3, 0.4) is 0 Å². The lowest BCUT2D eigenvalue weighted by Gasteiger charge is -2.42. The number of carbonyl (C=O) groups is 1. The van der Waals surface area contributed by atoms with Gasteiger partial charge in [-0.3, -0.25) is 9.36 Å². The van der Waals surface area contributed by atoms with E-state index in [1.165, 1.54) is 5.56 Å². The third kappa shape index (κ3) is 3.35. The van der Waals surface area contributed by atoms with E-state index in [2.05, 4.69) is 53.7 Å². The quantitative estimate of drug-likeness (QED) is 0.602. The third-order valence-electron chi connectivity index (χ3n) is 5.29. The van der Waals surface area contributed by atoms with Crippen LogP contribution >= 0.6 is 0 Å². The monoisotopic (exact) mass is 345 g/mol. The Balaban J connectivity index is 2.27. The van der Waals surface area contributed by atoms with Crippen LogP contribution in [0, 0.1) is 0 Å². The Labute approximate surface area is 147 Å². The number of nitrogens with zero attached hydrogens (tertiary/aromatic N) is 1. The topological polar surface area (TPSA) is 31.2 Å². The lowest BCUT2D eigenvalue weighted by atomic mass is 10.2. The van der Waals surface area contributed by atoms with Crippen LogP contribution in [0.15, 0.2) is 30.5 Å². The number of hydrogen-bond donors (Lipinski definition) is 0. The third-order valence-corrected chi connectivity index (χ3v) is 11.3. The predicted octanol–water partition coefficient (Wildman–Crippen LogP) is 5.99. The van der Waals surface area contributed by atoms with Crippen LogP contribution in [0.1, 0.15) is 58.8 Å². The number of rotatable bonds is 6. The molecule has 0 bridgehead atoms. The molecule has 2 aromatic rings. The van der Waals surface area contributed by atoms with Crippen molar-refractivity contribution >= 4 is 25.1 Å². The van der Waals surface area contributed by atoms with E-state index in [1.54, 1.807) is 11.5 Å². The summed E-state index contributed by atoms with van der Waals surface area (Å²) in [6.07, 6.45) is 1.84. The Morgan fingerprint density at radius 2 is 1.62 bits per heavy atom. The maximum atomic E-state index is 11.6. The molecule has 0 unspecified atom stereocenters. The largest absolute Gasteiger partial charge is 0.412 e. The molecule has 0 spiro atoms. The average molecular weight is 346 g/mol. The van der Waals surface area contributed by atoms with E-state index in [1.807, 2.05) is 18.3 Å². The van der Waals surface area contributed by atoms with E-state index < -0.39 is 8.32 Å². The van der Waals surface area contributed by atoms with Gasteiger partial charge in [0.05, 0.1) is 12.1 Å². The molecule has 0 aliphatic carbocycles. The van der Waals surface area contributed by atoms with Crippen LogP contribution in [0.25, 0.3) is 10.9 Å². The van der Waals surface area contributed by atoms with Crippen LogP contribution < -0.4 is 0 Å². The normalized spacial score (nSPS) is 12.8. The Morgan fingerprint density at radius 3 is 2.12 bits per heavy atom. The fourth-order valence-electron chi connectivity index (χ4n) is 4.26. The first kappa shape index (κ1) is 18.9. The zero-order chi connectivity index (χ0) is 18.1. The van der Waals surface area contributed by atoms with Gasteiger partial charge < -0.3 is 4.43 Å². The molecule has 0 N–H and O–H groups in total. The molecule has 1 aromatic carbocycles. The van der Waals surface area contributed by atoms with Gasteiger partial charge in [0.15, 0.2) is 0 Å². The van der Waals surface area contributed by atoms with Crippen LogP contribution in [0.4, 0.5) is 0 Å². The van der Waals surface area contributed by atoms with E-state index in [9.17, 15) is 4.79 Å². The summed E-state index contributed by atoms with van der Waals surface area (Å²) in [5.74, 6) is 0.0415. The van der Waals surface area contributed by atoms with Gasteiger partial charge in [0.2, 0.25) is 14.2 Å². The first-order valence-corrected chi connectivity index (χ1v) is 11.1. The van der Waals surface area contributed by atoms with Gasteiger partial charge in [-0.25, -0.2) is 0 Å². The smallest absolute Gasteiger partial charge is 0.227 e. The minimum absolute atomic E-state index is 0.0415. The van der Waals surface area contributed by atoms with E-state index in [0.29, 0.717) is 23.2 Å². The van der Waals surface area contributed by atoms with Crippen molar-refractivity contribution in [3.63, 3.8) is 0 Å². The molecule has 0 radical (unpaired) electrons. The molecule has 4 heteroatoms. The molecule has 3 nitrogen and oxygen atoms in total. The molecule has 0 saturated heterocycles. The molecule has 0 saturated carbocycles. The molecule has 2 rings (SSSR count). The molecule has 0 atom stereocenters. The second-order valence-electron chi connectivity index (χ2n) is 7.70. The summed E-state index contributed by atoms with van der Waals surface area (Å²) in [4.78, 5) is 11.6. The molecule has 1 heterocycles. The standard InChI is InChI=1S/C20H31NO2Si/c1-14(2)24(15(3)4,16(5)6)23-13-18-8-9-20-19(12-18)10-11-21(20)17(7)22/h8-12,14-16H,13H2,1-7H3. The van der Waals surface area contributed by atoms with Crippen LogP contribution in [-0.4, -0.2) is 18.8 Å². The minimum Gasteiger partial charge on any atom is -0.412 e. The summed E-state index contributed by atoms with van der Waals surface area (Å²) in [6, 6.07) is 8.26. The number of hydrogen-bond acceptors (Lipinski definition) is 2. The first-order chi connectivity index (χ1) is 11.2. The van der Waals surface area contributed by atoms with Crippen LogP contribution in [0.2, 0.25) is 16.6 Å². The molecule has 0 aliphatic rings. The van der Waals surface area contributed by atoms with Crippen LogP contribution in [-0.2, 0) is 11.0 Å². The number of carbonyl (C=O) groups excluding carboxylic acids is 1. The highest BCUT2D eigenvalue weighted by molar-refractivity contribution is 6.77. The number of benzene rings is 1. The van der Waals surface area contributed by atoms with Gasteiger partial charge in [0.25, 0.3) is 0 Å². The van der Waals surface area contributed by atoms with Gasteiger partial charge in [-0.05, 0) is 40.4 Å². The summed E-state index contributed by atoms with van der Waals surface area (Å²) in [5.41, 5.74) is 3.90. The number of aromatic nitrogens is 1. The highest BCUT2D eigenvalue weighted by atomic mass is 28.4.